The van der Waals surface area contributed by atoms with Crippen LogP contribution in [0.4, 0.5) is 0 Å². The molecule has 0 aromatic heterocycles. The van der Waals surface area contributed by atoms with E-state index in [0.29, 0.717) is 13.1 Å². The molecule has 2 rings (SSSR count). The standard InChI is InChI=1S/C21H27NO5S/c1-6-22(7-2)28(24,25)20-13-17(10-11-19(20)26-5)21(23)27-14-18-12-15(3)8-9-16(18)4/h8-13H,6-7,14H2,1-5H3. The van der Waals surface area contributed by atoms with Crippen LogP contribution in [0, 0.1) is 13.8 Å². The van der Waals surface area contributed by atoms with Gasteiger partial charge in [-0.15, -0.1) is 0 Å². The normalized spacial score (nSPS) is 11.5. The maximum absolute atomic E-state index is 12.9. The SMILES string of the molecule is CCN(CC)S(=O)(=O)c1cc(C(=O)OCc2cc(C)ccc2C)ccc1OC. The van der Waals surface area contributed by atoms with Crippen molar-refractivity contribution in [2.45, 2.75) is 39.2 Å². The number of rotatable bonds is 8. The maximum Gasteiger partial charge on any atom is 0.338 e. The van der Waals surface area contributed by atoms with Crippen LogP contribution >= 0.6 is 0 Å². The Kier molecular flexibility index (Phi) is 7.21. The fraction of sp³-hybridized carbons (Fsp3) is 0.381. The molecule has 7 heteroatoms. The number of nitrogens with zero attached hydrogens (tertiary/aromatic N) is 1. The van der Waals surface area contributed by atoms with Gasteiger partial charge in [0.05, 0.1) is 12.7 Å². The van der Waals surface area contributed by atoms with Crippen molar-refractivity contribution < 1.29 is 22.7 Å². The second-order valence-electron chi connectivity index (χ2n) is 6.46. The molecule has 0 atom stereocenters. The Hall–Kier alpha value is -2.38. The molecule has 28 heavy (non-hydrogen) atoms. The van der Waals surface area contributed by atoms with Crippen LogP contribution in [0.5, 0.6) is 5.75 Å². The molecule has 0 saturated heterocycles. The molecular weight excluding hydrogens is 378 g/mol. The van der Waals surface area contributed by atoms with Crippen molar-refractivity contribution in [2.75, 3.05) is 20.2 Å². The minimum absolute atomic E-state index is 0.0418. The summed E-state index contributed by atoms with van der Waals surface area (Å²) in [5.41, 5.74) is 3.18. The van der Waals surface area contributed by atoms with Crippen molar-refractivity contribution in [2.24, 2.45) is 0 Å². The zero-order valence-corrected chi connectivity index (χ0v) is 17.8. The molecule has 0 unspecified atom stereocenters. The highest BCUT2D eigenvalue weighted by Crippen LogP contribution is 2.28. The molecule has 2 aromatic rings. The van der Waals surface area contributed by atoms with Crippen LogP contribution in [0.2, 0.25) is 0 Å². The second kappa shape index (κ2) is 9.21. The van der Waals surface area contributed by atoms with Crippen LogP contribution in [0.3, 0.4) is 0 Å². The van der Waals surface area contributed by atoms with Gasteiger partial charge in [-0.1, -0.05) is 37.6 Å². The predicted octanol–water partition coefficient (Wildman–Crippen LogP) is 3.70. The van der Waals surface area contributed by atoms with Crippen LogP contribution in [0.15, 0.2) is 41.3 Å². The number of carbonyl (C=O) groups is 1. The van der Waals surface area contributed by atoms with E-state index in [1.807, 2.05) is 32.0 Å². The van der Waals surface area contributed by atoms with Gasteiger partial charge in [-0.3, -0.25) is 0 Å². The summed E-state index contributed by atoms with van der Waals surface area (Å²) in [7, 11) is -2.38. The quantitative estimate of drug-likeness (QED) is 0.626. The minimum Gasteiger partial charge on any atom is -0.495 e. The molecule has 0 amide bonds. The zero-order valence-electron chi connectivity index (χ0n) is 17.0. The van der Waals surface area contributed by atoms with Crippen LogP contribution in [-0.4, -0.2) is 38.9 Å². The topological polar surface area (TPSA) is 72.9 Å². The van der Waals surface area contributed by atoms with E-state index in [-0.39, 0.29) is 22.8 Å². The van der Waals surface area contributed by atoms with Gasteiger partial charge in [0, 0.05) is 13.1 Å². The number of aryl methyl sites for hydroxylation is 2. The third-order valence-corrected chi connectivity index (χ3v) is 6.66. The summed E-state index contributed by atoms with van der Waals surface area (Å²) >= 11 is 0. The minimum atomic E-state index is -3.78. The van der Waals surface area contributed by atoms with Crippen molar-refractivity contribution >= 4 is 16.0 Å². The smallest absolute Gasteiger partial charge is 0.338 e. The van der Waals surface area contributed by atoms with E-state index < -0.39 is 16.0 Å². The molecule has 152 valence electrons. The highest BCUT2D eigenvalue weighted by molar-refractivity contribution is 7.89. The lowest BCUT2D eigenvalue weighted by Crippen LogP contribution is -2.31. The Morgan fingerprint density at radius 3 is 2.32 bits per heavy atom. The number of esters is 1. The number of hydrogen-bond donors (Lipinski definition) is 0. The lowest BCUT2D eigenvalue weighted by atomic mass is 10.1. The number of hydrogen-bond acceptors (Lipinski definition) is 5. The van der Waals surface area contributed by atoms with E-state index in [0.717, 1.165) is 16.7 Å². The van der Waals surface area contributed by atoms with Gasteiger partial charge in [-0.2, -0.15) is 4.31 Å². The summed E-state index contributed by atoms with van der Waals surface area (Å²) in [5.74, 6) is -0.391. The van der Waals surface area contributed by atoms with E-state index in [1.54, 1.807) is 13.8 Å². The van der Waals surface area contributed by atoms with Gasteiger partial charge in [-0.25, -0.2) is 13.2 Å². The molecule has 0 N–H and O–H groups in total. The van der Waals surface area contributed by atoms with Crippen LogP contribution in [0.1, 0.15) is 40.9 Å². The number of benzene rings is 2. The number of carbonyl (C=O) groups excluding carboxylic acids is 1. The van der Waals surface area contributed by atoms with Gasteiger partial charge < -0.3 is 9.47 Å². The van der Waals surface area contributed by atoms with Gasteiger partial charge in [0.15, 0.2) is 0 Å². The van der Waals surface area contributed by atoms with E-state index in [9.17, 15) is 13.2 Å². The summed E-state index contributed by atoms with van der Waals surface area (Å²) in [4.78, 5) is 12.5. The molecule has 0 radical (unpaired) electrons. The van der Waals surface area contributed by atoms with E-state index in [1.165, 1.54) is 29.6 Å². The Balaban J connectivity index is 2.31. The molecule has 0 aliphatic rings. The monoisotopic (exact) mass is 405 g/mol. The van der Waals surface area contributed by atoms with Crippen LogP contribution < -0.4 is 4.74 Å². The van der Waals surface area contributed by atoms with Crippen LogP contribution in [-0.2, 0) is 21.4 Å². The predicted molar refractivity (Wildman–Crippen MR) is 108 cm³/mol. The van der Waals surface area contributed by atoms with E-state index in [2.05, 4.69) is 0 Å². The Morgan fingerprint density at radius 1 is 1.04 bits per heavy atom. The summed E-state index contributed by atoms with van der Waals surface area (Å²) in [6.45, 7) is 8.21. The molecule has 0 saturated carbocycles. The molecule has 0 aliphatic carbocycles. The van der Waals surface area contributed by atoms with Crippen molar-refractivity contribution in [1.29, 1.82) is 0 Å². The molecule has 0 spiro atoms. The largest absolute Gasteiger partial charge is 0.495 e. The van der Waals surface area contributed by atoms with E-state index in [4.69, 9.17) is 9.47 Å². The Labute approximate surface area is 167 Å². The molecule has 0 heterocycles. The van der Waals surface area contributed by atoms with Crippen molar-refractivity contribution in [3.8, 4) is 5.75 Å². The first-order chi connectivity index (χ1) is 13.2. The lowest BCUT2D eigenvalue weighted by Gasteiger charge is -2.20. The molecule has 0 aliphatic heterocycles. The number of methoxy groups -OCH3 is 1. The average Bonchev–Trinajstić information content (AvgIpc) is 2.68. The third-order valence-electron chi connectivity index (χ3n) is 4.59. The molecule has 6 nitrogen and oxygen atoms in total. The highest BCUT2D eigenvalue weighted by atomic mass is 32.2. The first kappa shape index (κ1) is 21.9. The van der Waals surface area contributed by atoms with Gasteiger partial charge in [0.25, 0.3) is 0 Å². The second-order valence-corrected chi connectivity index (χ2v) is 8.37. The molecule has 0 bridgehead atoms. The lowest BCUT2D eigenvalue weighted by molar-refractivity contribution is 0.0471. The summed E-state index contributed by atoms with van der Waals surface area (Å²) in [6, 6.07) is 10.2. The van der Waals surface area contributed by atoms with Gasteiger partial charge in [0.1, 0.15) is 17.3 Å². The van der Waals surface area contributed by atoms with Gasteiger partial charge in [0.2, 0.25) is 10.0 Å². The van der Waals surface area contributed by atoms with Crippen LogP contribution in [0.25, 0.3) is 0 Å². The first-order valence-electron chi connectivity index (χ1n) is 9.16. The van der Waals surface area contributed by atoms with Crippen molar-refractivity contribution in [1.82, 2.24) is 4.31 Å². The summed E-state index contributed by atoms with van der Waals surface area (Å²) in [5, 5.41) is 0. The average molecular weight is 406 g/mol. The summed E-state index contributed by atoms with van der Waals surface area (Å²) < 4.78 is 37.7. The Morgan fingerprint density at radius 2 is 1.71 bits per heavy atom. The van der Waals surface area contributed by atoms with Gasteiger partial charge >= 0.3 is 5.97 Å². The molecule has 0 fully saturated rings. The maximum atomic E-state index is 12.9. The van der Waals surface area contributed by atoms with E-state index >= 15 is 0 Å². The fourth-order valence-corrected chi connectivity index (χ4v) is 4.53. The zero-order chi connectivity index (χ0) is 20.9. The molecule has 2 aromatic carbocycles. The third kappa shape index (κ3) is 4.72. The molecular formula is C21H27NO5S. The van der Waals surface area contributed by atoms with Gasteiger partial charge in [-0.05, 0) is 43.2 Å². The number of sulfonamides is 1. The summed E-state index contributed by atoms with van der Waals surface area (Å²) in [6.07, 6.45) is 0. The number of ether oxygens (including phenoxy) is 2. The Bertz CT molecular complexity index is 949. The first-order valence-corrected chi connectivity index (χ1v) is 10.6. The fourth-order valence-electron chi connectivity index (χ4n) is 2.89. The van der Waals surface area contributed by atoms with Crippen molar-refractivity contribution in [3.63, 3.8) is 0 Å². The highest BCUT2D eigenvalue weighted by Gasteiger charge is 2.27. The van der Waals surface area contributed by atoms with Crippen molar-refractivity contribution in [3.05, 3.63) is 58.7 Å².